The molecule has 0 aromatic heterocycles. The van der Waals surface area contributed by atoms with Crippen molar-refractivity contribution < 1.29 is 67.3 Å². The van der Waals surface area contributed by atoms with Crippen LogP contribution in [-0.4, -0.2) is 231 Å². The number of amides is 11. The number of hydrogen-bond donors (Lipinski definition) is 8. The normalized spacial score (nSPS) is 17.7. The Bertz CT molecular complexity index is 2610. The third-order valence-corrected chi connectivity index (χ3v) is 17.8. The lowest BCUT2D eigenvalue weighted by molar-refractivity contribution is -0.148. The van der Waals surface area contributed by atoms with Gasteiger partial charge in [-0.1, -0.05) is 99.1 Å². The Morgan fingerprint density at radius 3 is 1.95 bits per heavy atom. The number of aliphatic hydroxyl groups is 1. The maximum Gasteiger partial charge on any atom is 0.312 e. The smallest absolute Gasteiger partial charge is 0.312 e. The van der Waals surface area contributed by atoms with E-state index >= 15 is 0 Å². The van der Waals surface area contributed by atoms with Crippen molar-refractivity contribution in [2.75, 3.05) is 87.7 Å². The third kappa shape index (κ3) is 24.2. The number of carbonyl (C=O) groups is 11. The molecular formula is C66H110N12O14. The lowest BCUT2D eigenvalue weighted by Gasteiger charge is -2.41. The quantitative estimate of drug-likeness (QED) is 0.0344. The third-order valence-electron chi connectivity index (χ3n) is 17.8. The van der Waals surface area contributed by atoms with Gasteiger partial charge < -0.3 is 71.8 Å². The summed E-state index contributed by atoms with van der Waals surface area (Å²) >= 11 is 0. The summed E-state index contributed by atoms with van der Waals surface area (Å²) in [5.74, 6) is -7.48. The van der Waals surface area contributed by atoms with E-state index in [0.29, 0.717) is 70.5 Å². The van der Waals surface area contributed by atoms with Gasteiger partial charge in [0.05, 0.1) is 61.4 Å². The number of hydrogen-bond acceptors (Lipinski definition) is 16. The van der Waals surface area contributed by atoms with Crippen LogP contribution >= 0.6 is 0 Å². The van der Waals surface area contributed by atoms with Crippen molar-refractivity contribution in [2.24, 2.45) is 41.2 Å². The molecule has 518 valence electrons. The number of benzene rings is 1. The van der Waals surface area contributed by atoms with Gasteiger partial charge in [0.1, 0.15) is 12.1 Å². The number of primary amides is 1. The SMILES string of the molecule is CC[C@H](C)[C@@H]([C@@H](CC(=O)N1CCC[C@H]1[C@H](OC)[C@@H](C)C(=O)N[C@H](C)[C@@H](O)c1ccccc1)OC)N(C)C(=O)[C@@H](NC(=O)[C@H](C(C)C)N(C)C(=O)CNC(=O)C(CCCNC(N)=O)CC(=O)[C@@H](NC(=O)CCNCCN(C)CCCN1C(=O)C=CC1=O)C(C)C)C(C)C. The van der Waals surface area contributed by atoms with Crippen molar-refractivity contribution in [1.82, 2.24) is 56.4 Å². The predicted molar refractivity (Wildman–Crippen MR) is 348 cm³/mol. The first-order valence-electron chi connectivity index (χ1n) is 32.7. The number of likely N-dealkylation sites (N-methyl/N-ethyl adjacent to an activating group) is 3. The molecule has 1 aromatic carbocycles. The van der Waals surface area contributed by atoms with E-state index in [2.05, 4.69) is 31.9 Å². The van der Waals surface area contributed by atoms with Crippen molar-refractivity contribution in [3.8, 4) is 0 Å². The monoisotopic (exact) mass is 1290 g/mol. The molecule has 26 nitrogen and oxygen atoms in total. The molecule has 92 heavy (non-hydrogen) atoms. The van der Waals surface area contributed by atoms with Crippen molar-refractivity contribution in [1.29, 1.82) is 0 Å². The average molecular weight is 1300 g/mol. The zero-order valence-electron chi connectivity index (χ0n) is 57.3. The second-order valence-corrected chi connectivity index (χ2v) is 25.8. The van der Waals surface area contributed by atoms with Gasteiger partial charge in [0.15, 0.2) is 5.78 Å². The van der Waals surface area contributed by atoms with Gasteiger partial charge in [-0.2, -0.15) is 0 Å². The molecule has 2 heterocycles. The molecule has 2 aliphatic heterocycles. The van der Waals surface area contributed by atoms with Gasteiger partial charge >= 0.3 is 6.03 Å². The summed E-state index contributed by atoms with van der Waals surface area (Å²) in [6.45, 7) is 20.5. The summed E-state index contributed by atoms with van der Waals surface area (Å²) in [5.41, 5.74) is 5.94. The molecule has 3 rings (SSSR count). The van der Waals surface area contributed by atoms with Crippen molar-refractivity contribution >= 4 is 65.0 Å². The number of likely N-dealkylation sites (tertiary alicyclic amines) is 1. The second-order valence-electron chi connectivity index (χ2n) is 25.8. The Morgan fingerprint density at radius 2 is 1.37 bits per heavy atom. The van der Waals surface area contributed by atoms with Crippen molar-refractivity contribution in [3.05, 3.63) is 48.0 Å². The summed E-state index contributed by atoms with van der Waals surface area (Å²) in [5, 5.41) is 28.0. The van der Waals surface area contributed by atoms with Crippen LogP contribution in [0.1, 0.15) is 139 Å². The van der Waals surface area contributed by atoms with Crippen LogP contribution in [0.3, 0.4) is 0 Å². The predicted octanol–water partition coefficient (Wildman–Crippen LogP) is 2.28. The van der Waals surface area contributed by atoms with Gasteiger partial charge in [-0.05, 0) is 81.9 Å². The van der Waals surface area contributed by atoms with Crippen LogP contribution in [0.25, 0.3) is 0 Å². The van der Waals surface area contributed by atoms with Gasteiger partial charge in [0.2, 0.25) is 41.4 Å². The number of nitrogens with two attached hydrogens (primary N) is 1. The van der Waals surface area contributed by atoms with E-state index in [1.165, 1.54) is 48.1 Å². The highest BCUT2D eigenvalue weighted by Gasteiger charge is 2.44. The molecule has 26 heteroatoms. The number of nitrogens with one attached hydrogen (secondary N) is 6. The van der Waals surface area contributed by atoms with Crippen LogP contribution in [0.15, 0.2) is 42.5 Å². The molecule has 0 saturated carbocycles. The van der Waals surface area contributed by atoms with Crippen LogP contribution in [-0.2, 0) is 57.4 Å². The molecule has 0 aliphatic carbocycles. The lowest BCUT2D eigenvalue weighted by Crippen LogP contribution is -2.60. The van der Waals surface area contributed by atoms with E-state index in [9.17, 15) is 57.8 Å². The van der Waals surface area contributed by atoms with Gasteiger partial charge in [0.25, 0.3) is 11.8 Å². The van der Waals surface area contributed by atoms with Crippen LogP contribution in [0.4, 0.5) is 4.79 Å². The number of rotatable bonds is 42. The zero-order chi connectivity index (χ0) is 69.1. The Hall–Kier alpha value is -6.87. The largest absolute Gasteiger partial charge is 0.386 e. The Morgan fingerprint density at radius 1 is 0.728 bits per heavy atom. The Balaban J connectivity index is 1.68. The number of aliphatic hydroxyl groups excluding tert-OH is 1. The first-order chi connectivity index (χ1) is 43.4. The van der Waals surface area contributed by atoms with Gasteiger partial charge in [-0.25, -0.2) is 4.79 Å². The Kier molecular flexibility index (Phi) is 34.2. The molecule has 0 bridgehead atoms. The molecule has 11 amide bonds. The van der Waals surface area contributed by atoms with Crippen LogP contribution in [0.2, 0.25) is 0 Å². The van der Waals surface area contributed by atoms with Crippen LogP contribution in [0.5, 0.6) is 0 Å². The maximum atomic E-state index is 14.9. The van der Waals surface area contributed by atoms with E-state index < -0.39 is 120 Å². The van der Waals surface area contributed by atoms with Crippen LogP contribution in [0, 0.1) is 35.5 Å². The fraction of sp³-hybridized carbons (Fsp3) is 0.712. The minimum Gasteiger partial charge on any atom is -0.386 e. The summed E-state index contributed by atoms with van der Waals surface area (Å²) < 4.78 is 12.1. The molecule has 12 atom stereocenters. The van der Waals surface area contributed by atoms with E-state index in [0.717, 1.165) is 0 Å². The minimum atomic E-state index is -1.12. The number of methoxy groups -OCH3 is 2. The van der Waals surface area contributed by atoms with Gasteiger partial charge in [-0.15, -0.1) is 0 Å². The molecule has 1 unspecified atom stereocenters. The van der Waals surface area contributed by atoms with Gasteiger partial charge in [-0.3, -0.25) is 52.8 Å². The minimum absolute atomic E-state index is 0.0653. The molecule has 2 aliphatic rings. The number of Topliss-reactive ketones (excluding diaryl/α,β-unsaturated/α-hetero) is 1. The fourth-order valence-corrected chi connectivity index (χ4v) is 12.1. The number of imide groups is 1. The van der Waals surface area contributed by atoms with Crippen LogP contribution < -0.4 is 37.6 Å². The number of urea groups is 1. The first-order valence-corrected chi connectivity index (χ1v) is 32.7. The van der Waals surface area contributed by atoms with E-state index in [4.69, 9.17) is 15.2 Å². The molecule has 1 saturated heterocycles. The summed E-state index contributed by atoms with van der Waals surface area (Å²) in [4.78, 5) is 156. The Labute approximate surface area is 545 Å². The number of carbonyl (C=O) groups excluding carboxylic acids is 11. The highest BCUT2D eigenvalue weighted by atomic mass is 16.5. The van der Waals surface area contributed by atoms with Crippen molar-refractivity contribution in [2.45, 2.75) is 182 Å². The average Bonchev–Trinajstić information content (AvgIpc) is 1.44. The molecular weight excluding hydrogens is 1180 g/mol. The molecule has 0 radical (unpaired) electrons. The number of ether oxygens (including phenoxy) is 2. The second kappa shape index (κ2) is 39.6. The van der Waals surface area contributed by atoms with E-state index in [-0.39, 0.29) is 80.0 Å². The number of ketones is 1. The maximum absolute atomic E-state index is 14.9. The lowest BCUT2D eigenvalue weighted by atomic mass is 9.89. The van der Waals surface area contributed by atoms with Crippen molar-refractivity contribution in [3.63, 3.8) is 0 Å². The standard InChI is InChI=1S/C66H110N12O14/c1-16-43(8)59(50(91-14)38-54(83)77-34-21-26-48(77)61(92-15)44(9)62(86)71-45(10)60(85)46-23-18-17-19-24-46)76(13)65(89)57(41(4)5)73-64(88)58(42(6)7)75(12)55(84)39-70-63(87)47(25-20-30-69-66(67)90)37-49(79)56(40(2)3)72-51(80)29-31-68-32-36-74(11)33-22-35-78-52(81)27-28-53(78)82/h17-19,23-24,27-28,40-45,47-48,50,56-61,68,85H,16,20-22,25-26,29-39H2,1-15H3,(H,70,87)(H,71,86)(H,72,80)(H,73,88)(H3,67,69,90)/t43-,44+,45+,47?,48-,50+,56-,57-,58-,59-,60+,61+/m0/s1. The summed E-state index contributed by atoms with van der Waals surface area (Å²) in [6, 6.07) is 3.42. The summed E-state index contributed by atoms with van der Waals surface area (Å²) in [7, 11) is 7.96. The molecule has 1 fully saturated rings. The molecule has 9 N–H and O–H groups in total. The van der Waals surface area contributed by atoms with E-state index in [1.807, 2.05) is 44.0 Å². The molecule has 1 aromatic rings. The zero-order valence-corrected chi connectivity index (χ0v) is 57.3. The number of nitrogens with zero attached hydrogens (tertiary/aromatic N) is 5. The highest BCUT2D eigenvalue weighted by molar-refractivity contribution is 6.12. The fourth-order valence-electron chi connectivity index (χ4n) is 12.1. The van der Waals surface area contributed by atoms with Gasteiger partial charge in [0, 0.05) is 98.5 Å². The topological polar surface area (TPSA) is 341 Å². The summed E-state index contributed by atoms with van der Waals surface area (Å²) in [6.07, 6.45) is 2.59. The van der Waals surface area contributed by atoms with E-state index in [1.54, 1.807) is 79.5 Å². The first kappa shape index (κ1) is 79.4. The molecule has 0 spiro atoms. The highest BCUT2D eigenvalue weighted by Crippen LogP contribution is 2.30.